The molecule has 1 N–H and O–H groups in total. The van der Waals surface area contributed by atoms with Crippen LogP contribution in [0.5, 0.6) is 0 Å². The Bertz CT molecular complexity index is 516. The van der Waals surface area contributed by atoms with Crippen LogP contribution < -0.4 is 10.2 Å². The Kier molecular flexibility index (Phi) is 4.60. The highest BCUT2D eigenvalue weighted by Gasteiger charge is 2.27. The van der Waals surface area contributed by atoms with Crippen molar-refractivity contribution in [2.24, 2.45) is 5.41 Å². The molecule has 1 saturated heterocycles. The zero-order chi connectivity index (χ0) is 15.6. The van der Waals surface area contributed by atoms with Crippen molar-refractivity contribution in [2.75, 3.05) is 18.0 Å². The first-order chi connectivity index (χ1) is 9.77. The number of aryl methyl sites for hydroxylation is 2. The highest BCUT2D eigenvalue weighted by Crippen LogP contribution is 2.23. The van der Waals surface area contributed by atoms with E-state index in [4.69, 9.17) is 0 Å². The zero-order valence-corrected chi connectivity index (χ0v) is 14.0. The van der Waals surface area contributed by atoms with Gasteiger partial charge < -0.3 is 10.2 Å². The van der Waals surface area contributed by atoms with Gasteiger partial charge in [0, 0.05) is 30.2 Å². The number of piperidine rings is 1. The average Bonchev–Trinajstić information content (AvgIpc) is 2.41. The van der Waals surface area contributed by atoms with Crippen LogP contribution in [0, 0.1) is 19.3 Å². The van der Waals surface area contributed by atoms with Gasteiger partial charge in [-0.1, -0.05) is 26.8 Å². The molecule has 1 aromatic rings. The fraction of sp³-hybridized carbons (Fsp3) is 0.611. The van der Waals surface area contributed by atoms with Crippen LogP contribution in [0.25, 0.3) is 0 Å². The Morgan fingerprint density at radius 1 is 1.24 bits per heavy atom. The molecule has 1 aromatic carbocycles. The molecular formula is C18H28N2O. The van der Waals surface area contributed by atoms with Crippen molar-refractivity contribution < 1.29 is 4.79 Å². The van der Waals surface area contributed by atoms with Crippen molar-refractivity contribution >= 4 is 11.6 Å². The van der Waals surface area contributed by atoms with E-state index in [9.17, 15) is 4.79 Å². The maximum Gasteiger partial charge on any atom is 0.225 e. The molecule has 3 nitrogen and oxygen atoms in total. The Hall–Kier alpha value is -1.51. The molecule has 1 unspecified atom stereocenters. The molecular weight excluding hydrogens is 260 g/mol. The number of hydrogen-bond donors (Lipinski definition) is 1. The number of nitrogens with one attached hydrogen (secondary N) is 1. The number of nitrogens with zero attached hydrogens (tertiary/aromatic N) is 1. The zero-order valence-electron chi connectivity index (χ0n) is 14.0. The molecule has 1 aliphatic heterocycles. The molecule has 1 heterocycles. The van der Waals surface area contributed by atoms with E-state index in [1.54, 1.807) is 0 Å². The largest absolute Gasteiger partial charge is 0.369 e. The van der Waals surface area contributed by atoms with Crippen LogP contribution in [0.3, 0.4) is 0 Å². The van der Waals surface area contributed by atoms with Crippen molar-refractivity contribution in [1.82, 2.24) is 5.32 Å². The van der Waals surface area contributed by atoms with Gasteiger partial charge in [-0.15, -0.1) is 0 Å². The van der Waals surface area contributed by atoms with Crippen LogP contribution in [0.4, 0.5) is 5.69 Å². The molecule has 0 aromatic heterocycles. The van der Waals surface area contributed by atoms with Crippen LogP contribution in [-0.4, -0.2) is 25.0 Å². The summed E-state index contributed by atoms with van der Waals surface area (Å²) < 4.78 is 0. The minimum atomic E-state index is -0.317. The molecule has 1 amide bonds. The van der Waals surface area contributed by atoms with E-state index in [2.05, 4.69) is 42.3 Å². The Labute approximate surface area is 128 Å². The molecule has 1 atom stereocenters. The molecule has 0 radical (unpaired) electrons. The normalized spacial score (nSPS) is 19.5. The number of carbonyl (C=O) groups is 1. The SMILES string of the molecule is Cc1ccc(N2CCCC(NC(=O)C(C)(C)C)C2)cc1C. The summed E-state index contributed by atoms with van der Waals surface area (Å²) in [7, 11) is 0. The minimum absolute atomic E-state index is 0.148. The number of carbonyl (C=O) groups excluding carboxylic acids is 1. The van der Waals surface area contributed by atoms with Crippen molar-refractivity contribution in [2.45, 2.75) is 53.5 Å². The Balaban J connectivity index is 2.03. The minimum Gasteiger partial charge on any atom is -0.369 e. The molecule has 2 rings (SSSR count). The predicted octanol–water partition coefficient (Wildman–Crippen LogP) is 3.43. The summed E-state index contributed by atoms with van der Waals surface area (Å²) >= 11 is 0. The standard InChI is InChI=1S/C18H28N2O/c1-13-8-9-16(11-14(13)2)20-10-6-7-15(12-20)19-17(21)18(3,4)5/h8-9,11,15H,6-7,10,12H2,1-5H3,(H,19,21). The lowest BCUT2D eigenvalue weighted by Gasteiger charge is -2.36. The predicted molar refractivity (Wildman–Crippen MR) is 88.7 cm³/mol. The van der Waals surface area contributed by atoms with Gasteiger partial charge in [-0.2, -0.15) is 0 Å². The highest BCUT2D eigenvalue weighted by atomic mass is 16.2. The second kappa shape index (κ2) is 6.08. The molecule has 1 aliphatic rings. The van der Waals surface area contributed by atoms with Crippen LogP contribution in [-0.2, 0) is 4.79 Å². The van der Waals surface area contributed by atoms with Gasteiger partial charge in [0.2, 0.25) is 5.91 Å². The van der Waals surface area contributed by atoms with Crippen molar-refractivity contribution in [3.63, 3.8) is 0 Å². The third-order valence-corrected chi connectivity index (χ3v) is 4.29. The summed E-state index contributed by atoms with van der Waals surface area (Å²) in [6, 6.07) is 6.88. The molecule has 0 aliphatic carbocycles. The third-order valence-electron chi connectivity index (χ3n) is 4.29. The summed E-state index contributed by atoms with van der Waals surface area (Å²) in [5.41, 5.74) is 3.61. The van der Waals surface area contributed by atoms with Gasteiger partial charge >= 0.3 is 0 Å². The Morgan fingerprint density at radius 3 is 2.57 bits per heavy atom. The van der Waals surface area contributed by atoms with E-state index < -0.39 is 0 Å². The lowest BCUT2D eigenvalue weighted by Crippen LogP contribution is -2.50. The first-order valence-corrected chi connectivity index (χ1v) is 7.90. The van der Waals surface area contributed by atoms with Gasteiger partial charge in [-0.05, 0) is 49.9 Å². The van der Waals surface area contributed by atoms with E-state index in [-0.39, 0.29) is 17.4 Å². The summed E-state index contributed by atoms with van der Waals surface area (Å²) in [6.07, 6.45) is 2.20. The van der Waals surface area contributed by atoms with Gasteiger partial charge in [-0.25, -0.2) is 0 Å². The molecule has 0 saturated carbocycles. The van der Waals surface area contributed by atoms with Gasteiger partial charge in [0.25, 0.3) is 0 Å². The number of rotatable bonds is 2. The lowest BCUT2D eigenvalue weighted by atomic mass is 9.94. The van der Waals surface area contributed by atoms with E-state index >= 15 is 0 Å². The van der Waals surface area contributed by atoms with E-state index in [0.717, 1.165) is 25.9 Å². The fourth-order valence-corrected chi connectivity index (χ4v) is 2.65. The maximum atomic E-state index is 12.1. The maximum absolute atomic E-state index is 12.1. The number of hydrogen-bond acceptors (Lipinski definition) is 2. The molecule has 0 bridgehead atoms. The van der Waals surface area contributed by atoms with Gasteiger partial charge in [0.05, 0.1) is 0 Å². The number of anilines is 1. The quantitative estimate of drug-likeness (QED) is 0.904. The van der Waals surface area contributed by atoms with Crippen LogP contribution in [0.1, 0.15) is 44.7 Å². The molecule has 1 fully saturated rings. The number of amides is 1. The average molecular weight is 288 g/mol. The van der Waals surface area contributed by atoms with E-state index in [0.29, 0.717) is 0 Å². The van der Waals surface area contributed by atoms with Gasteiger partial charge in [0.1, 0.15) is 0 Å². The van der Waals surface area contributed by atoms with Crippen molar-refractivity contribution in [1.29, 1.82) is 0 Å². The van der Waals surface area contributed by atoms with Crippen LogP contribution in [0.15, 0.2) is 18.2 Å². The first kappa shape index (κ1) is 15.9. The summed E-state index contributed by atoms with van der Waals surface area (Å²) in [6.45, 7) is 12.2. The van der Waals surface area contributed by atoms with Gasteiger partial charge in [-0.3, -0.25) is 4.79 Å². The second-order valence-corrected chi connectivity index (χ2v) is 7.28. The molecule has 0 spiro atoms. The number of benzene rings is 1. The second-order valence-electron chi connectivity index (χ2n) is 7.28. The third kappa shape index (κ3) is 3.99. The van der Waals surface area contributed by atoms with E-state index in [1.807, 2.05) is 20.8 Å². The summed E-state index contributed by atoms with van der Waals surface area (Å²) in [4.78, 5) is 14.5. The van der Waals surface area contributed by atoms with Crippen molar-refractivity contribution in [3.05, 3.63) is 29.3 Å². The fourth-order valence-electron chi connectivity index (χ4n) is 2.65. The topological polar surface area (TPSA) is 32.3 Å². The van der Waals surface area contributed by atoms with E-state index in [1.165, 1.54) is 16.8 Å². The molecule has 116 valence electrons. The molecule has 21 heavy (non-hydrogen) atoms. The van der Waals surface area contributed by atoms with Crippen LogP contribution >= 0.6 is 0 Å². The van der Waals surface area contributed by atoms with Gasteiger partial charge in [0.15, 0.2) is 0 Å². The summed E-state index contributed by atoms with van der Waals surface area (Å²) in [5.74, 6) is 0.148. The van der Waals surface area contributed by atoms with Crippen LogP contribution in [0.2, 0.25) is 0 Å². The Morgan fingerprint density at radius 2 is 1.95 bits per heavy atom. The van der Waals surface area contributed by atoms with Crippen molar-refractivity contribution in [3.8, 4) is 0 Å². The lowest BCUT2D eigenvalue weighted by molar-refractivity contribution is -0.129. The summed E-state index contributed by atoms with van der Waals surface area (Å²) in [5, 5.41) is 3.20. The highest BCUT2D eigenvalue weighted by molar-refractivity contribution is 5.81. The molecule has 3 heteroatoms. The monoisotopic (exact) mass is 288 g/mol. The smallest absolute Gasteiger partial charge is 0.225 e. The first-order valence-electron chi connectivity index (χ1n) is 7.90.